The lowest BCUT2D eigenvalue weighted by Crippen LogP contribution is -2.16. The molecule has 6 nitrogen and oxygen atoms in total. The highest BCUT2D eigenvalue weighted by Gasteiger charge is 2.23. The predicted molar refractivity (Wildman–Crippen MR) is 152 cm³/mol. The fraction of sp³-hybridized carbons (Fsp3) is 0.167. The molecule has 1 heterocycles. The summed E-state index contributed by atoms with van der Waals surface area (Å²) in [5.41, 5.74) is 2.44. The van der Waals surface area contributed by atoms with E-state index in [4.69, 9.17) is 21.1 Å². The van der Waals surface area contributed by atoms with Crippen LogP contribution in [0, 0.1) is 25.2 Å². The van der Waals surface area contributed by atoms with Gasteiger partial charge in [0.1, 0.15) is 29.0 Å². The lowest BCUT2D eigenvalue weighted by atomic mass is 10.0. The highest BCUT2D eigenvalue weighted by atomic mass is 35.5. The number of hydrogen-bond donors (Lipinski definition) is 1. The highest BCUT2D eigenvalue weighted by molar-refractivity contribution is 7.16. The molecule has 0 aliphatic heterocycles. The molecule has 4 rings (SSSR count). The van der Waals surface area contributed by atoms with Crippen molar-refractivity contribution in [2.75, 3.05) is 11.9 Å². The predicted octanol–water partition coefficient (Wildman–Crippen LogP) is 7.47. The number of nitrogens with one attached hydrogen (secondary N) is 1. The zero-order valence-electron chi connectivity index (χ0n) is 21.1. The molecule has 0 aliphatic rings. The number of carbonyl (C=O) groups excluding carboxylic acids is 2. The van der Waals surface area contributed by atoms with Gasteiger partial charge in [-0.15, -0.1) is 11.3 Å². The number of aryl methyl sites for hydroxylation is 1. The van der Waals surface area contributed by atoms with E-state index in [0.717, 1.165) is 26.8 Å². The summed E-state index contributed by atoms with van der Waals surface area (Å²) in [7, 11) is 0. The van der Waals surface area contributed by atoms with Gasteiger partial charge in [-0.05, 0) is 66.9 Å². The standard InChI is InChI=1S/C30H25ClN2O4S/c1-4-36-30(35)27-18(2)19(3)38-29(27)33-28(34)22(16-32)15-25-24-8-6-5-7-21(24)11-14-26(25)37-17-20-9-12-23(31)13-10-20/h5-15H,4,17H2,1-3H3,(H,33,34)/b22-15+. The van der Waals surface area contributed by atoms with Crippen LogP contribution in [-0.2, 0) is 16.1 Å². The molecule has 0 aliphatic carbocycles. The van der Waals surface area contributed by atoms with Crippen molar-refractivity contribution in [3.05, 3.63) is 98.4 Å². The molecular weight excluding hydrogens is 520 g/mol. The molecule has 0 atom stereocenters. The molecule has 4 aromatic rings. The Morgan fingerprint density at radius 1 is 1.08 bits per heavy atom. The average Bonchev–Trinajstić information content (AvgIpc) is 3.19. The number of anilines is 1. The first-order chi connectivity index (χ1) is 18.3. The van der Waals surface area contributed by atoms with Crippen LogP contribution in [-0.4, -0.2) is 18.5 Å². The van der Waals surface area contributed by atoms with Crippen LogP contribution in [0.1, 0.15) is 38.8 Å². The number of ether oxygens (including phenoxy) is 2. The first-order valence-electron chi connectivity index (χ1n) is 11.9. The van der Waals surface area contributed by atoms with E-state index in [-0.39, 0.29) is 18.8 Å². The van der Waals surface area contributed by atoms with E-state index in [1.165, 1.54) is 17.4 Å². The van der Waals surface area contributed by atoms with Crippen LogP contribution < -0.4 is 10.1 Å². The first kappa shape index (κ1) is 26.9. The van der Waals surface area contributed by atoms with Gasteiger partial charge in [-0.3, -0.25) is 4.79 Å². The molecule has 1 N–H and O–H groups in total. The maximum absolute atomic E-state index is 13.3. The Morgan fingerprint density at radius 3 is 2.53 bits per heavy atom. The molecule has 8 heteroatoms. The molecular formula is C30H25ClN2O4S. The number of thiophene rings is 1. The van der Waals surface area contributed by atoms with E-state index in [2.05, 4.69) is 5.32 Å². The maximum Gasteiger partial charge on any atom is 0.341 e. The monoisotopic (exact) mass is 544 g/mol. The van der Waals surface area contributed by atoms with Crippen molar-refractivity contribution in [2.24, 2.45) is 0 Å². The third kappa shape index (κ3) is 5.88. The number of nitrogens with zero attached hydrogens (tertiary/aromatic N) is 1. The fourth-order valence-electron chi connectivity index (χ4n) is 3.92. The number of amides is 1. The summed E-state index contributed by atoms with van der Waals surface area (Å²) in [6.45, 7) is 5.87. The second kappa shape index (κ2) is 12.0. The summed E-state index contributed by atoms with van der Waals surface area (Å²) in [4.78, 5) is 26.7. The number of nitriles is 1. The molecule has 0 fully saturated rings. The molecule has 0 saturated heterocycles. The summed E-state index contributed by atoms with van der Waals surface area (Å²) < 4.78 is 11.3. The smallest absolute Gasteiger partial charge is 0.341 e. The zero-order valence-corrected chi connectivity index (χ0v) is 22.7. The minimum atomic E-state index is -0.629. The van der Waals surface area contributed by atoms with Crippen molar-refractivity contribution in [2.45, 2.75) is 27.4 Å². The normalized spacial score (nSPS) is 11.2. The SMILES string of the molecule is CCOC(=O)c1c(NC(=O)/C(C#N)=C/c2c(OCc3ccc(Cl)cc3)ccc3ccccc23)sc(C)c1C. The molecule has 38 heavy (non-hydrogen) atoms. The number of fused-ring (bicyclic) bond motifs is 1. The number of carbonyl (C=O) groups is 2. The second-order valence-electron chi connectivity index (χ2n) is 8.45. The van der Waals surface area contributed by atoms with Crippen LogP contribution in [0.3, 0.4) is 0 Å². The fourth-order valence-corrected chi connectivity index (χ4v) is 5.09. The van der Waals surface area contributed by atoms with Crippen molar-refractivity contribution in [1.29, 1.82) is 5.26 Å². The summed E-state index contributed by atoms with van der Waals surface area (Å²) in [5.74, 6) is -0.621. The van der Waals surface area contributed by atoms with Gasteiger partial charge in [-0.1, -0.05) is 54.1 Å². The van der Waals surface area contributed by atoms with Crippen molar-refractivity contribution in [3.63, 3.8) is 0 Å². The van der Waals surface area contributed by atoms with Crippen molar-refractivity contribution in [1.82, 2.24) is 0 Å². The van der Waals surface area contributed by atoms with Crippen LogP contribution in [0.2, 0.25) is 5.02 Å². The average molecular weight is 545 g/mol. The van der Waals surface area contributed by atoms with Crippen LogP contribution >= 0.6 is 22.9 Å². The molecule has 192 valence electrons. The molecule has 0 unspecified atom stereocenters. The topological polar surface area (TPSA) is 88.4 Å². The van der Waals surface area contributed by atoms with Crippen LogP contribution in [0.15, 0.2) is 66.2 Å². The van der Waals surface area contributed by atoms with E-state index in [1.54, 1.807) is 26.0 Å². The maximum atomic E-state index is 13.3. The number of halogens is 1. The van der Waals surface area contributed by atoms with Crippen molar-refractivity contribution in [3.8, 4) is 11.8 Å². The number of rotatable bonds is 8. The molecule has 0 bridgehead atoms. The number of esters is 1. The van der Waals surface area contributed by atoms with Crippen molar-refractivity contribution >= 4 is 56.7 Å². The largest absolute Gasteiger partial charge is 0.488 e. The minimum Gasteiger partial charge on any atom is -0.488 e. The molecule has 0 saturated carbocycles. The number of benzene rings is 3. The van der Waals surface area contributed by atoms with E-state index >= 15 is 0 Å². The lowest BCUT2D eigenvalue weighted by Gasteiger charge is -2.13. The molecule has 0 spiro atoms. The second-order valence-corrected chi connectivity index (χ2v) is 10.1. The Hall–Kier alpha value is -4.12. The zero-order chi connectivity index (χ0) is 27.2. The van der Waals surface area contributed by atoms with Crippen LogP contribution in [0.5, 0.6) is 5.75 Å². The highest BCUT2D eigenvalue weighted by Crippen LogP contribution is 2.34. The summed E-state index contributed by atoms with van der Waals surface area (Å²) in [5, 5.41) is 15.4. The van der Waals surface area contributed by atoms with Crippen LogP contribution in [0.25, 0.3) is 16.8 Å². The van der Waals surface area contributed by atoms with Gasteiger partial charge in [0, 0.05) is 15.5 Å². The Labute approximate surface area is 230 Å². The van der Waals surface area contributed by atoms with Crippen molar-refractivity contribution < 1.29 is 19.1 Å². The molecule has 3 aromatic carbocycles. The van der Waals surface area contributed by atoms with Gasteiger partial charge in [0.15, 0.2) is 0 Å². The Balaban J connectivity index is 1.70. The van der Waals surface area contributed by atoms with E-state index in [0.29, 0.717) is 26.9 Å². The van der Waals surface area contributed by atoms with E-state index in [9.17, 15) is 14.9 Å². The van der Waals surface area contributed by atoms with Gasteiger partial charge in [0.2, 0.25) is 0 Å². The number of hydrogen-bond acceptors (Lipinski definition) is 6. The lowest BCUT2D eigenvalue weighted by molar-refractivity contribution is -0.112. The van der Waals surface area contributed by atoms with Gasteiger partial charge in [-0.2, -0.15) is 5.26 Å². The molecule has 1 amide bonds. The molecule has 0 radical (unpaired) electrons. The van der Waals surface area contributed by atoms with Gasteiger partial charge in [0.25, 0.3) is 5.91 Å². The third-order valence-electron chi connectivity index (χ3n) is 5.98. The van der Waals surface area contributed by atoms with Gasteiger partial charge < -0.3 is 14.8 Å². The van der Waals surface area contributed by atoms with Gasteiger partial charge in [0.05, 0.1) is 12.2 Å². The Bertz CT molecular complexity index is 1580. The Morgan fingerprint density at radius 2 is 1.82 bits per heavy atom. The van der Waals surface area contributed by atoms with Gasteiger partial charge >= 0.3 is 5.97 Å². The molecule has 1 aromatic heterocycles. The summed E-state index contributed by atoms with van der Waals surface area (Å²) in [6, 6.07) is 20.7. The van der Waals surface area contributed by atoms with E-state index in [1.807, 2.05) is 61.5 Å². The van der Waals surface area contributed by atoms with Gasteiger partial charge in [-0.25, -0.2) is 4.79 Å². The minimum absolute atomic E-state index is 0.129. The third-order valence-corrected chi connectivity index (χ3v) is 7.36. The first-order valence-corrected chi connectivity index (χ1v) is 13.1. The van der Waals surface area contributed by atoms with Crippen LogP contribution in [0.4, 0.5) is 5.00 Å². The summed E-state index contributed by atoms with van der Waals surface area (Å²) >= 11 is 7.26. The quantitative estimate of drug-likeness (QED) is 0.141. The summed E-state index contributed by atoms with van der Waals surface area (Å²) in [6.07, 6.45) is 1.52. The Kier molecular flexibility index (Phi) is 8.47. The van der Waals surface area contributed by atoms with E-state index < -0.39 is 11.9 Å².